The van der Waals surface area contributed by atoms with Gasteiger partial charge < -0.3 is 9.84 Å². The molecule has 19 heavy (non-hydrogen) atoms. The summed E-state index contributed by atoms with van der Waals surface area (Å²) >= 11 is 0. The first kappa shape index (κ1) is 15.2. The molecule has 1 N–H and O–H groups in total. The summed E-state index contributed by atoms with van der Waals surface area (Å²) in [6.45, 7) is 0. The van der Waals surface area contributed by atoms with Gasteiger partial charge in [-0.3, -0.25) is 0 Å². The van der Waals surface area contributed by atoms with Gasteiger partial charge in [-0.15, -0.1) is 13.2 Å². The molecule has 0 bridgehead atoms. The number of aromatic hydroxyl groups is 1. The molecule has 1 aromatic rings. The van der Waals surface area contributed by atoms with E-state index in [1.54, 1.807) is 0 Å². The molecule has 0 spiro atoms. The van der Waals surface area contributed by atoms with E-state index in [0.29, 0.717) is 0 Å². The summed E-state index contributed by atoms with van der Waals surface area (Å²) in [5.74, 6) is -3.69. The van der Waals surface area contributed by atoms with Gasteiger partial charge in [-0.25, -0.2) is 13.8 Å². The van der Waals surface area contributed by atoms with Crippen LogP contribution in [0.4, 0.5) is 35.1 Å². The van der Waals surface area contributed by atoms with Crippen molar-refractivity contribution in [1.82, 2.24) is 4.98 Å². The van der Waals surface area contributed by atoms with Crippen LogP contribution >= 0.6 is 0 Å². The van der Waals surface area contributed by atoms with E-state index in [0.717, 1.165) is 0 Å². The van der Waals surface area contributed by atoms with Crippen LogP contribution in [0.3, 0.4) is 0 Å². The van der Waals surface area contributed by atoms with Crippen LogP contribution in [0.5, 0.6) is 11.6 Å². The number of hydrogen-bond donors (Lipinski definition) is 1. The monoisotopic (exact) mass is 297 g/mol. The highest BCUT2D eigenvalue weighted by atomic mass is 19.4. The van der Waals surface area contributed by atoms with E-state index in [9.17, 15) is 35.1 Å². The van der Waals surface area contributed by atoms with E-state index in [1.807, 2.05) is 0 Å². The zero-order valence-corrected chi connectivity index (χ0v) is 8.48. The Balaban J connectivity index is 3.40. The number of ether oxygens (including phenoxy) is 1. The van der Waals surface area contributed by atoms with Crippen LogP contribution in [0.1, 0.15) is 17.7 Å². The Bertz CT molecular complexity index is 467. The lowest BCUT2D eigenvalue weighted by atomic mass is 10.2. The van der Waals surface area contributed by atoms with Gasteiger partial charge in [-0.2, -0.15) is 13.2 Å². The van der Waals surface area contributed by atoms with Crippen molar-refractivity contribution in [2.75, 3.05) is 0 Å². The molecular weight excluding hydrogens is 294 g/mol. The maximum atomic E-state index is 12.3. The lowest BCUT2D eigenvalue weighted by Crippen LogP contribution is -2.20. The summed E-state index contributed by atoms with van der Waals surface area (Å²) in [5, 5.41) is 8.92. The van der Waals surface area contributed by atoms with E-state index in [2.05, 4.69) is 9.72 Å². The lowest BCUT2D eigenvalue weighted by Gasteiger charge is -2.14. The normalized spacial score (nSPS) is 12.9. The molecule has 0 saturated heterocycles. The topological polar surface area (TPSA) is 42.4 Å². The molecule has 0 saturated carbocycles. The first-order valence-electron chi connectivity index (χ1n) is 4.27. The van der Waals surface area contributed by atoms with Crippen LogP contribution < -0.4 is 4.74 Å². The highest BCUT2D eigenvalue weighted by Crippen LogP contribution is 2.41. The number of rotatable bonds is 2. The Labute approximate surface area is 99.0 Å². The van der Waals surface area contributed by atoms with Gasteiger partial charge in [0.25, 0.3) is 6.43 Å². The molecule has 0 atom stereocenters. The quantitative estimate of drug-likeness (QED) is 0.847. The first-order valence-corrected chi connectivity index (χ1v) is 4.27. The predicted molar refractivity (Wildman–Crippen MR) is 42.5 cm³/mol. The molecule has 11 heteroatoms. The minimum atomic E-state index is -5.42. The molecule has 0 unspecified atom stereocenters. The fraction of sp³-hybridized carbons (Fsp3) is 0.375. The summed E-state index contributed by atoms with van der Waals surface area (Å²) in [5.41, 5.74) is -3.95. The van der Waals surface area contributed by atoms with E-state index < -0.39 is 41.9 Å². The predicted octanol–water partition coefficient (Wildman–Crippen LogP) is 3.64. The van der Waals surface area contributed by atoms with Crippen LogP contribution in [0.2, 0.25) is 0 Å². The van der Waals surface area contributed by atoms with Gasteiger partial charge >= 0.3 is 12.5 Å². The van der Waals surface area contributed by atoms with Gasteiger partial charge in [0.2, 0.25) is 5.88 Å². The third kappa shape index (κ3) is 3.83. The molecule has 0 aliphatic rings. The number of halogens is 8. The molecule has 1 rings (SSSR count). The van der Waals surface area contributed by atoms with Crippen molar-refractivity contribution >= 4 is 0 Å². The van der Waals surface area contributed by atoms with E-state index in [1.165, 1.54) is 0 Å². The average Bonchev–Trinajstić information content (AvgIpc) is 2.16. The third-order valence-electron chi connectivity index (χ3n) is 1.72. The van der Waals surface area contributed by atoms with Crippen LogP contribution in [-0.4, -0.2) is 16.5 Å². The Kier molecular flexibility index (Phi) is 3.77. The molecule has 3 nitrogen and oxygen atoms in total. The van der Waals surface area contributed by atoms with E-state index in [4.69, 9.17) is 5.11 Å². The molecule has 0 aliphatic carbocycles. The van der Waals surface area contributed by atoms with Crippen molar-refractivity contribution in [1.29, 1.82) is 0 Å². The van der Waals surface area contributed by atoms with Crippen LogP contribution in [0, 0.1) is 0 Å². The summed E-state index contributed by atoms with van der Waals surface area (Å²) in [6, 6.07) is -0.122. The summed E-state index contributed by atoms with van der Waals surface area (Å²) in [4.78, 5) is 2.32. The SMILES string of the molecule is Oc1c(C(F)F)cc(OC(F)(F)F)nc1C(F)(F)F. The Morgan fingerprint density at radius 2 is 1.63 bits per heavy atom. The number of hydrogen-bond acceptors (Lipinski definition) is 3. The van der Waals surface area contributed by atoms with Crippen LogP contribution in [0.15, 0.2) is 6.07 Å². The maximum Gasteiger partial charge on any atom is 0.574 e. The van der Waals surface area contributed by atoms with Crippen molar-refractivity contribution in [3.8, 4) is 11.6 Å². The minimum Gasteiger partial charge on any atom is -0.505 e. The zero-order chi connectivity index (χ0) is 15.0. The number of aromatic nitrogens is 1. The van der Waals surface area contributed by atoms with E-state index in [-0.39, 0.29) is 6.07 Å². The Hall–Kier alpha value is -1.81. The second kappa shape index (κ2) is 4.70. The Morgan fingerprint density at radius 1 is 1.11 bits per heavy atom. The highest BCUT2D eigenvalue weighted by molar-refractivity contribution is 5.42. The van der Waals surface area contributed by atoms with Gasteiger partial charge in [0.1, 0.15) is 0 Å². The minimum absolute atomic E-state index is 0.122. The van der Waals surface area contributed by atoms with Gasteiger partial charge in [0.05, 0.1) is 5.56 Å². The zero-order valence-electron chi connectivity index (χ0n) is 8.48. The van der Waals surface area contributed by atoms with Crippen LogP contribution in [0.25, 0.3) is 0 Å². The molecule has 0 radical (unpaired) electrons. The maximum absolute atomic E-state index is 12.3. The molecule has 108 valence electrons. The molecule has 1 heterocycles. The molecule has 1 aromatic heterocycles. The summed E-state index contributed by atoms with van der Waals surface area (Å²) in [6.07, 6.45) is -14.5. The van der Waals surface area contributed by atoms with Gasteiger partial charge in [-0.1, -0.05) is 0 Å². The molecule has 0 fully saturated rings. The van der Waals surface area contributed by atoms with Gasteiger partial charge in [0.15, 0.2) is 11.4 Å². The highest BCUT2D eigenvalue weighted by Gasteiger charge is 2.40. The summed E-state index contributed by atoms with van der Waals surface area (Å²) in [7, 11) is 0. The van der Waals surface area contributed by atoms with Crippen molar-refractivity contribution in [3.63, 3.8) is 0 Å². The fourth-order valence-corrected chi connectivity index (χ4v) is 1.07. The third-order valence-corrected chi connectivity index (χ3v) is 1.72. The Morgan fingerprint density at radius 3 is 2.00 bits per heavy atom. The number of alkyl halides is 8. The average molecular weight is 297 g/mol. The second-order valence-electron chi connectivity index (χ2n) is 3.09. The van der Waals surface area contributed by atoms with Gasteiger partial charge in [0, 0.05) is 6.07 Å². The smallest absolute Gasteiger partial charge is 0.505 e. The largest absolute Gasteiger partial charge is 0.574 e. The van der Waals surface area contributed by atoms with Crippen molar-refractivity contribution in [2.24, 2.45) is 0 Å². The molecule has 0 aromatic carbocycles. The van der Waals surface area contributed by atoms with Gasteiger partial charge in [-0.05, 0) is 0 Å². The van der Waals surface area contributed by atoms with E-state index >= 15 is 0 Å². The fourth-order valence-electron chi connectivity index (χ4n) is 1.07. The van der Waals surface area contributed by atoms with Crippen molar-refractivity contribution in [3.05, 3.63) is 17.3 Å². The lowest BCUT2D eigenvalue weighted by molar-refractivity contribution is -0.276. The number of nitrogens with zero attached hydrogens (tertiary/aromatic N) is 1. The van der Waals surface area contributed by atoms with Crippen molar-refractivity contribution in [2.45, 2.75) is 19.0 Å². The molecular formula is C8H3F8NO2. The summed E-state index contributed by atoms with van der Waals surface area (Å²) < 4.78 is 100.0. The standard InChI is InChI=1S/C8H3F8NO2/c9-6(10)2-1-3(19-8(14,15)16)17-5(4(2)18)7(11,12)13/h1,6,18H. The van der Waals surface area contributed by atoms with Crippen molar-refractivity contribution < 1.29 is 45.0 Å². The molecule has 0 aliphatic heterocycles. The van der Waals surface area contributed by atoms with Crippen LogP contribution in [-0.2, 0) is 6.18 Å². The first-order chi connectivity index (χ1) is 8.42. The molecule has 0 amide bonds. The second-order valence-corrected chi connectivity index (χ2v) is 3.09. The number of pyridine rings is 1.